The van der Waals surface area contributed by atoms with Gasteiger partial charge in [0.1, 0.15) is 0 Å². The van der Waals surface area contributed by atoms with Gasteiger partial charge in [-0.05, 0) is 37.8 Å². The lowest BCUT2D eigenvalue weighted by molar-refractivity contribution is 0.0775. The first kappa shape index (κ1) is 17.5. The van der Waals surface area contributed by atoms with Crippen LogP contribution in [0.1, 0.15) is 35.8 Å². The van der Waals surface area contributed by atoms with E-state index in [-0.39, 0.29) is 5.91 Å². The molecule has 3 rings (SSSR count). The largest absolute Gasteiger partial charge is 0.371 e. The lowest BCUT2D eigenvalue weighted by Gasteiger charge is -2.22. The van der Waals surface area contributed by atoms with Crippen LogP contribution in [0.3, 0.4) is 0 Å². The molecule has 5 heteroatoms. The molecule has 0 aliphatic carbocycles. The topological polar surface area (TPSA) is 41.4 Å². The Bertz CT molecular complexity index is 710. The number of hydrogen-bond acceptors (Lipinski definition) is 3. The van der Waals surface area contributed by atoms with Crippen molar-refractivity contribution in [2.75, 3.05) is 31.6 Å². The summed E-state index contributed by atoms with van der Waals surface area (Å²) < 4.78 is 1.88. The number of carbonyl (C=O) groups is 1. The summed E-state index contributed by atoms with van der Waals surface area (Å²) >= 11 is 0. The molecule has 0 spiro atoms. The van der Waals surface area contributed by atoms with E-state index in [2.05, 4.69) is 41.2 Å². The molecule has 0 N–H and O–H groups in total. The molecule has 1 saturated heterocycles. The predicted molar refractivity (Wildman–Crippen MR) is 101 cm³/mol. The Morgan fingerprint density at radius 1 is 1.32 bits per heavy atom. The fourth-order valence-electron chi connectivity index (χ4n) is 3.60. The lowest BCUT2D eigenvalue weighted by atomic mass is 10.1. The molecular weight excluding hydrogens is 312 g/mol. The summed E-state index contributed by atoms with van der Waals surface area (Å²) in [6, 6.07) is 10.5. The van der Waals surface area contributed by atoms with Gasteiger partial charge < -0.3 is 9.80 Å². The molecule has 1 aliphatic heterocycles. The Morgan fingerprint density at radius 2 is 2.08 bits per heavy atom. The first-order chi connectivity index (χ1) is 12.1. The maximum absolute atomic E-state index is 12.8. The predicted octanol–water partition coefficient (Wildman–Crippen LogP) is 3.20. The Hall–Kier alpha value is -2.30. The number of carbonyl (C=O) groups excluding carboxylic acids is 1. The van der Waals surface area contributed by atoms with Crippen LogP contribution in [-0.2, 0) is 6.54 Å². The van der Waals surface area contributed by atoms with Gasteiger partial charge in [-0.2, -0.15) is 5.10 Å². The third-order valence-corrected chi connectivity index (χ3v) is 4.92. The highest BCUT2D eigenvalue weighted by molar-refractivity contribution is 5.94. The summed E-state index contributed by atoms with van der Waals surface area (Å²) in [5.41, 5.74) is 2.83. The summed E-state index contributed by atoms with van der Waals surface area (Å²) in [4.78, 5) is 17.1. The van der Waals surface area contributed by atoms with Gasteiger partial charge in [0.15, 0.2) is 0 Å². The normalized spacial score (nSPS) is 17.1. The molecule has 1 aromatic carbocycles. The van der Waals surface area contributed by atoms with Gasteiger partial charge in [0.2, 0.25) is 0 Å². The van der Waals surface area contributed by atoms with Crippen LogP contribution in [0.2, 0.25) is 0 Å². The minimum atomic E-state index is 0.0815. The number of amides is 1. The Labute approximate surface area is 150 Å². The monoisotopic (exact) mass is 340 g/mol. The smallest absolute Gasteiger partial charge is 0.257 e. The van der Waals surface area contributed by atoms with Gasteiger partial charge >= 0.3 is 0 Å². The number of para-hydroxylation sites is 1. The van der Waals surface area contributed by atoms with Crippen molar-refractivity contribution >= 4 is 11.6 Å². The van der Waals surface area contributed by atoms with Gasteiger partial charge in [-0.25, -0.2) is 0 Å². The zero-order valence-corrected chi connectivity index (χ0v) is 15.5. The van der Waals surface area contributed by atoms with Crippen molar-refractivity contribution in [1.82, 2.24) is 14.7 Å². The molecule has 0 radical (unpaired) electrons. The molecule has 1 atom stereocenters. The Kier molecular flexibility index (Phi) is 5.41. The highest BCUT2D eigenvalue weighted by Crippen LogP contribution is 2.24. The van der Waals surface area contributed by atoms with E-state index in [1.807, 2.05) is 35.8 Å². The number of rotatable bonds is 6. The van der Waals surface area contributed by atoms with Crippen LogP contribution < -0.4 is 4.90 Å². The van der Waals surface area contributed by atoms with E-state index in [9.17, 15) is 4.79 Å². The second-order valence-electron chi connectivity index (χ2n) is 7.01. The van der Waals surface area contributed by atoms with Crippen LogP contribution in [0, 0.1) is 12.8 Å². The summed E-state index contributed by atoms with van der Waals surface area (Å²) in [6.45, 7) is 7.75. The van der Waals surface area contributed by atoms with E-state index in [1.54, 1.807) is 0 Å². The molecule has 1 amide bonds. The van der Waals surface area contributed by atoms with Crippen LogP contribution in [0.25, 0.3) is 0 Å². The van der Waals surface area contributed by atoms with E-state index in [0.29, 0.717) is 5.92 Å². The molecule has 25 heavy (non-hydrogen) atoms. The van der Waals surface area contributed by atoms with Gasteiger partial charge in [0.05, 0.1) is 11.3 Å². The Balaban J connectivity index is 1.59. The summed E-state index contributed by atoms with van der Waals surface area (Å²) in [5, 5.41) is 4.45. The molecule has 0 bridgehead atoms. The van der Waals surface area contributed by atoms with Gasteiger partial charge in [-0.1, -0.05) is 25.1 Å². The number of benzene rings is 1. The molecule has 0 unspecified atom stereocenters. The van der Waals surface area contributed by atoms with Crippen molar-refractivity contribution in [3.05, 3.63) is 47.8 Å². The number of hydrogen-bond donors (Lipinski definition) is 0. The average Bonchev–Trinajstić information content (AvgIpc) is 3.22. The zero-order chi connectivity index (χ0) is 17.8. The van der Waals surface area contributed by atoms with Gasteiger partial charge in [-0.15, -0.1) is 0 Å². The second-order valence-corrected chi connectivity index (χ2v) is 7.01. The van der Waals surface area contributed by atoms with E-state index in [0.717, 1.165) is 50.3 Å². The maximum atomic E-state index is 12.8. The highest BCUT2D eigenvalue weighted by atomic mass is 16.2. The maximum Gasteiger partial charge on any atom is 0.257 e. The first-order valence-electron chi connectivity index (χ1n) is 9.18. The lowest BCUT2D eigenvalue weighted by Crippen LogP contribution is -2.33. The minimum Gasteiger partial charge on any atom is -0.371 e. The van der Waals surface area contributed by atoms with Crippen LogP contribution in [0.15, 0.2) is 36.5 Å². The van der Waals surface area contributed by atoms with E-state index < -0.39 is 0 Å². The Morgan fingerprint density at radius 3 is 2.80 bits per heavy atom. The summed E-state index contributed by atoms with van der Waals surface area (Å²) in [7, 11) is 1.91. The molecule has 1 fully saturated rings. The quantitative estimate of drug-likeness (QED) is 0.811. The third kappa shape index (κ3) is 4.03. The third-order valence-electron chi connectivity index (χ3n) is 4.92. The van der Waals surface area contributed by atoms with Crippen molar-refractivity contribution in [2.45, 2.75) is 33.2 Å². The number of aryl methyl sites for hydroxylation is 2. The molecule has 2 aromatic rings. The van der Waals surface area contributed by atoms with Crippen LogP contribution >= 0.6 is 0 Å². The summed E-state index contributed by atoms with van der Waals surface area (Å²) in [5.74, 6) is 0.596. The number of nitrogens with zero attached hydrogens (tertiary/aromatic N) is 4. The number of anilines is 1. The van der Waals surface area contributed by atoms with Gasteiger partial charge in [0.25, 0.3) is 5.91 Å². The molecular formula is C20H28N4O. The van der Waals surface area contributed by atoms with Crippen molar-refractivity contribution in [3.63, 3.8) is 0 Å². The zero-order valence-electron chi connectivity index (χ0n) is 15.5. The van der Waals surface area contributed by atoms with Crippen LogP contribution in [0.4, 0.5) is 5.69 Å². The molecule has 134 valence electrons. The number of aromatic nitrogens is 2. The standard InChI is InChI=1S/C20H28N4O/c1-4-11-24-15-19(16(2)21-24)20(25)22(3)13-17-10-12-23(14-17)18-8-6-5-7-9-18/h5-9,15,17H,4,10-14H2,1-3H3/t17-/m1/s1. The van der Waals surface area contributed by atoms with Crippen molar-refractivity contribution in [1.29, 1.82) is 0 Å². The van der Waals surface area contributed by atoms with Crippen LogP contribution in [-0.4, -0.2) is 47.3 Å². The van der Waals surface area contributed by atoms with Gasteiger partial charge in [-0.3, -0.25) is 9.48 Å². The average molecular weight is 340 g/mol. The van der Waals surface area contributed by atoms with Gasteiger partial charge in [0, 0.05) is 45.1 Å². The minimum absolute atomic E-state index is 0.0815. The first-order valence-corrected chi connectivity index (χ1v) is 9.18. The molecule has 1 aliphatic rings. The molecule has 1 aromatic heterocycles. The molecule has 0 saturated carbocycles. The highest BCUT2D eigenvalue weighted by Gasteiger charge is 2.26. The van der Waals surface area contributed by atoms with Crippen LogP contribution in [0.5, 0.6) is 0 Å². The fraction of sp³-hybridized carbons (Fsp3) is 0.500. The van der Waals surface area contributed by atoms with E-state index in [4.69, 9.17) is 0 Å². The fourth-order valence-corrected chi connectivity index (χ4v) is 3.60. The van der Waals surface area contributed by atoms with Crippen molar-refractivity contribution in [2.24, 2.45) is 5.92 Å². The van der Waals surface area contributed by atoms with Crippen molar-refractivity contribution < 1.29 is 4.79 Å². The van der Waals surface area contributed by atoms with Crippen molar-refractivity contribution in [3.8, 4) is 0 Å². The van der Waals surface area contributed by atoms with E-state index in [1.165, 1.54) is 5.69 Å². The molecule has 2 heterocycles. The second kappa shape index (κ2) is 7.72. The SMILES string of the molecule is CCCn1cc(C(=O)N(C)C[C@H]2CCN(c3ccccc3)C2)c(C)n1. The van der Waals surface area contributed by atoms with E-state index >= 15 is 0 Å². The summed E-state index contributed by atoms with van der Waals surface area (Å²) in [6.07, 6.45) is 4.03. The molecule has 5 nitrogen and oxygen atoms in total.